The number of amides is 1. The molecule has 2 nitrogen and oxygen atoms in total. The average Bonchev–Trinajstić information content (AvgIpc) is 2.76. The van der Waals surface area contributed by atoms with Gasteiger partial charge in [0.05, 0.1) is 11.4 Å². The van der Waals surface area contributed by atoms with Crippen LogP contribution in [0.1, 0.15) is 39.5 Å². The van der Waals surface area contributed by atoms with Gasteiger partial charge in [0.1, 0.15) is 0 Å². The van der Waals surface area contributed by atoms with Crippen molar-refractivity contribution >= 4 is 29.2 Å². The van der Waals surface area contributed by atoms with Crippen LogP contribution in [-0.2, 0) is 19.4 Å². The molecule has 0 aromatic carbocycles. The molecule has 0 N–H and O–H groups in total. The molecule has 0 atom stereocenters. The maximum Gasteiger partial charge on any atom is 0.274 e. The molecular formula is C12H15NOS2. The van der Waals surface area contributed by atoms with E-state index in [-0.39, 0.29) is 5.91 Å². The Labute approximate surface area is 104 Å². The number of rotatable bonds is 1. The summed E-state index contributed by atoms with van der Waals surface area (Å²) < 4.78 is 1.87. The fraction of sp³-hybridized carbons (Fsp3) is 0.583. The summed E-state index contributed by atoms with van der Waals surface area (Å²) in [5.74, 6) is 0.222. The van der Waals surface area contributed by atoms with Crippen LogP contribution >= 0.6 is 23.3 Å². The minimum absolute atomic E-state index is 0.222. The van der Waals surface area contributed by atoms with Crippen molar-refractivity contribution < 1.29 is 4.79 Å². The van der Waals surface area contributed by atoms with Gasteiger partial charge in [-0.3, -0.25) is 9.10 Å². The molecule has 0 saturated heterocycles. The topological polar surface area (TPSA) is 20.3 Å². The van der Waals surface area contributed by atoms with E-state index in [1.165, 1.54) is 28.0 Å². The Kier molecular flexibility index (Phi) is 2.17. The molecule has 1 amide bonds. The highest BCUT2D eigenvalue weighted by Gasteiger charge is 2.39. The van der Waals surface area contributed by atoms with E-state index >= 15 is 0 Å². The monoisotopic (exact) mass is 253 g/mol. The van der Waals surface area contributed by atoms with Crippen molar-refractivity contribution in [2.75, 3.05) is 6.26 Å². The summed E-state index contributed by atoms with van der Waals surface area (Å²) in [6.45, 7) is 5.45. The number of fused-ring (bicyclic) bond motifs is 3. The molecule has 16 heavy (non-hydrogen) atoms. The van der Waals surface area contributed by atoms with Gasteiger partial charge in [0, 0.05) is 11.1 Å². The first kappa shape index (κ1) is 10.7. The minimum atomic E-state index is 0.222. The molecule has 0 unspecified atom stereocenters. The molecule has 1 aromatic rings. The van der Waals surface area contributed by atoms with Crippen LogP contribution in [0.25, 0.3) is 0 Å². The number of hydrogen-bond donors (Lipinski definition) is 0. The van der Waals surface area contributed by atoms with E-state index in [1.54, 1.807) is 11.3 Å². The largest absolute Gasteiger partial charge is 0.277 e. The smallest absolute Gasteiger partial charge is 0.274 e. The highest BCUT2D eigenvalue weighted by molar-refractivity contribution is 7.96. The van der Waals surface area contributed by atoms with Gasteiger partial charge in [0.15, 0.2) is 0 Å². The maximum absolute atomic E-state index is 12.0. The molecule has 1 aromatic heterocycles. The number of carbonyl (C=O) groups is 1. The second kappa shape index (κ2) is 3.26. The Morgan fingerprint density at radius 3 is 2.75 bits per heavy atom. The van der Waals surface area contributed by atoms with Gasteiger partial charge in [0.25, 0.3) is 5.91 Å². The van der Waals surface area contributed by atoms with Crippen molar-refractivity contribution in [2.45, 2.75) is 33.2 Å². The van der Waals surface area contributed by atoms with Crippen molar-refractivity contribution in [2.24, 2.45) is 5.41 Å². The SMILES string of the molecule is CSN1Cc2c(sc3c2CC(C)(C)C3)C1=O. The van der Waals surface area contributed by atoms with Gasteiger partial charge < -0.3 is 0 Å². The van der Waals surface area contributed by atoms with Crippen LogP contribution in [0.4, 0.5) is 0 Å². The Morgan fingerprint density at radius 2 is 2.06 bits per heavy atom. The summed E-state index contributed by atoms with van der Waals surface area (Å²) in [7, 11) is 0. The van der Waals surface area contributed by atoms with Gasteiger partial charge in [-0.1, -0.05) is 25.8 Å². The first-order valence-electron chi connectivity index (χ1n) is 5.51. The van der Waals surface area contributed by atoms with Crippen LogP contribution in [0, 0.1) is 5.41 Å². The molecule has 1 aliphatic heterocycles. The van der Waals surface area contributed by atoms with Gasteiger partial charge in [-0.2, -0.15) is 0 Å². The van der Waals surface area contributed by atoms with E-state index in [0.717, 1.165) is 24.3 Å². The Balaban J connectivity index is 2.03. The van der Waals surface area contributed by atoms with E-state index in [2.05, 4.69) is 13.8 Å². The van der Waals surface area contributed by atoms with Crippen molar-refractivity contribution in [1.29, 1.82) is 0 Å². The van der Waals surface area contributed by atoms with Gasteiger partial charge in [0.2, 0.25) is 0 Å². The summed E-state index contributed by atoms with van der Waals surface area (Å²) in [4.78, 5) is 14.5. The van der Waals surface area contributed by atoms with E-state index in [9.17, 15) is 4.79 Å². The zero-order valence-corrected chi connectivity index (χ0v) is 11.4. The molecule has 0 radical (unpaired) electrons. The van der Waals surface area contributed by atoms with Crippen molar-refractivity contribution in [3.05, 3.63) is 20.9 Å². The lowest BCUT2D eigenvalue weighted by Gasteiger charge is -2.15. The van der Waals surface area contributed by atoms with Gasteiger partial charge >= 0.3 is 0 Å². The second-order valence-corrected chi connectivity index (χ2v) is 7.26. The van der Waals surface area contributed by atoms with E-state index < -0.39 is 0 Å². The Hall–Kier alpha value is -0.480. The predicted octanol–water partition coefficient (Wildman–Crippen LogP) is 3.11. The van der Waals surface area contributed by atoms with Crippen LogP contribution in [-0.4, -0.2) is 16.5 Å². The summed E-state index contributed by atoms with van der Waals surface area (Å²) in [5.41, 5.74) is 3.20. The Morgan fingerprint density at radius 1 is 1.31 bits per heavy atom. The zero-order valence-electron chi connectivity index (χ0n) is 9.79. The van der Waals surface area contributed by atoms with Crippen molar-refractivity contribution in [1.82, 2.24) is 4.31 Å². The third-order valence-corrected chi connectivity index (χ3v) is 5.44. The van der Waals surface area contributed by atoms with Gasteiger partial charge in [-0.05, 0) is 29.4 Å². The Bertz CT molecular complexity index is 476. The summed E-state index contributed by atoms with van der Waals surface area (Å²) in [5, 5.41) is 0. The number of carbonyl (C=O) groups excluding carboxylic acids is 1. The summed E-state index contributed by atoms with van der Waals surface area (Å²) >= 11 is 3.27. The average molecular weight is 253 g/mol. The minimum Gasteiger partial charge on any atom is -0.277 e. The third kappa shape index (κ3) is 1.36. The standard InChI is InChI=1S/C12H15NOS2/c1-12(2)4-7-8-6-13(15-3)11(14)10(8)16-9(7)5-12/h4-6H2,1-3H3. The third-order valence-electron chi connectivity index (χ3n) is 3.44. The second-order valence-electron chi connectivity index (χ2n) is 5.35. The lowest BCUT2D eigenvalue weighted by molar-refractivity contribution is 0.0893. The molecule has 0 fully saturated rings. The number of thiophene rings is 1. The van der Waals surface area contributed by atoms with Crippen molar-refractivity contribution in [3.8, 4) is 0 Å². The highest BCUT2D eigenvalue weighted by Crippen LogP contribution is 2.46. The van der Waals surface area contributed by atoms with Crippen LogP contribution < -0.4 is 0 Å². The first-order chi connectivity index (χ1) is 7.52. The van der Waals surface area contributed by atoms with Crippen LogP contribution in [0.2, 0.25) is 0 Å². The molecule has 1 aliphatic carbocycles. The molecule has 0 spiro atoms. The first-order valence-corrected chi connectivity index (χ1v) is 7.51. The molecule has 2 heterocycles. The normalized spacial score (nSPS) is 21.4. The quantitative estimate of drug-likeness (QED) is 0.717. The molecule has 0 saturated carbocycles. The molecule has 86 valence electrons. The van der Waals surface area contributed by atoms with E-state index in [0.29, 0.717) is 5.41 Å². The molecule has 2 aliphatic rings. The zero-order chi connectivity index (χ0) is 11.5. The van der Waals surface area contributed by atoms with Crippen molar-refractivity contribution in [3.63, 3.8) is 0 Å². The van der Waals surface area contributed by atoms with E-state index in [4.69, 9.17) is 0 Å². The summed E-state index contributed by atoms with van der Waals surface area (Å²) in [6, 6.07) is 0. The van der Waals surface area contributed by atoms with Crippen LogP contribution in [0.5, 0.6) is 0 Å². The van der Waals surface area contributed by atoms with E-state index in [1.807, 2.05) is 10.6 Å². The highest BCUT2D eigenvalue weighted by atomic mass is 32.2. The molecule has 0 bridgehead atoms. The number of nitrogens with zero attached hydrogens (tertiary/aromatic N) is 1. The van der Waals surface area contributed by atoms with Gasteiger partial charge in [-0.25, -0.2) is 0 Å². The molecule has 4 heteroatoms. The van der Waals surface area contributed by atoms with Crippen LogP contribution in [0.15, 0.2) is 0 Å². The summed E-state index contributed by atoms with van der Waals surface area (Å²) in [6.07, 6.45) is 4.26. The van der Waals surface area contributed by atoms with Gasteiger partial charge in [-0.15, -0.1) is 11.3 Å². The lowest BCUT2D eigenvalue weighted by Crippen LogP contribution is -2.14. The lowest BCUT2D eigenvalue weighted by atomic mass is 9.90. The maximum atomic E-state index is 12.0. The predicted molar refractivity (Wildman–Crippen MR) is 68.9 cm³/mol. The molecule has 3 rings (SSSR count). The van der Waals surface area contributed by atoms with Crippen LogP contribution in [0.3, 0.4) is 0 Å². The fourth-order valence-corrected chi connectivity index (χ4v) is 4.80. The molecular weight excluding hydrogens is 238 g/mol. The number of hydrogen-bond acceptors (Lipinski definition) is 3. The fourth-order valence-electron chi connectivity index (χ4n) is 2.69.